The second-order valence-electron chi connectivity index (χ2n) is 2.75. The molecule has 0 amide bonds. The highest BCUT2D eigenvalue weighted by Crippen LogP contribution is 2.20. The minimum Gasteiger partial charge on any atom is -0.394 e. The quantitative estimate of drug-likeness (QED) is 0.555. The van der Waals surface area contributed by atoms with Crippen LogP contribution in [0.15, 0.2) is 18.2 Å². The third-order valence-electron chi connectivity index (χ3n) is 1.79. The van der Waals surface area contributed by atoms with Gasteiger partial charge in [0.25, 0.3) is 5.69 Å². The van der Waals surface area contributed by atoms with E-state index in [4.69, 9.17) is 10.8 Å². The van der Waals surface area contributed by atoms with Gasteiger partial charge < -0.3 is 10.8 Å². The van der Waals surface area contributed by atoms with Gasteiger partial charge in [0.2, 0.25) is 0 Å². The Hall–Kier alpha value is -1.53. The van der Waals surface area contributed by atoms with Crippen LogP contribution in [0, 0.1) is 15.9 Å². The number of nitro benzene ring substituents is 1. The largest absolute Gasteiger partial charge is 0.394 e. The Morgan fingerprint density at radius 1 is 1.64 bits per heavy atom. The van der Waals surface area contributed by atoms with Crippen molar-refractivity contribution in [2.75, 3.05) is 6.61 Å². The third-order valence-corrected chi connectivity index (χ3v) is 1.79. The molecule has 5 nitrogen and oxygen atoms in total. The number of rotatable bonds is 3. The first-order chi connectivity index (χ1) is 6.56. The predicted octanol–water partition coefficient (Wildman–Crippen LogP) is 0.726. The van der Waals surface area contributed by atoms with E-state index in [9.17, 15) is 14.5 Å². The highest BCUT2D eigenvalue weighted by Gasteiger charge is 2.15. The fraction of sp³-hybridized carbons (Fsp3) is 0.250. The molecule has 1 rings (SSSR count). The summed E-state index contributed by atoms with van der Waals surface area (Å²) in [6.07, 6.45) is 0. The molecular formula is C8H9FN2O3. The van der Waals surface area contributed by atoms with E-state index in [2.05, 4.69) is 0 Å². The fourth-order valence-electron chi connectivity index (χ4n) is 1.03. The molecule has 0 saturated heterocycles. The number of hydrogen-bond donors (Lipinski definition) is 2. The highest BCUT2D eigenvalue weighted by atomic mass is 19.1. The molecule has 14 heavy (non-hydrogen) atoms. The summed E-state index contributed by atoms with van der Waals surface area (Å²) in [5.74, 6) is -0.655. The van der Waals surface area contributed by atoms with Crippen LogP contribution in [0.1, 0.15) is 11.6 Å². The first kappa shape index (κ1) is 10.6. The van der Waals surface area contributed by atoms with E-state index in [1.807, 2.05) is 0 Å². The number of hydrogen-bond acceptors (Lipinski definition) is 4. The summed E-state index contributed by atoms with van der Waals surface area (Å²) in [6.45, 7) is -0.460. The third kappa shape index (κ3) is 2.04. The Morgan fingerprint density at radius 3 is 2.79 bits per heavy atom. The van der Waals surface area contributed by atoms with Gasteiger partial charge in [0.05, 0.1) is 17.6 Å². The monoisotopic (exact) mass is 200 g/mol. The molecule has 1 atom stereocenters. The summed E-state index contributed by atoms with van der Waals surface area (Å²) >= 11 is 0. The molecule has 0 unspecified atom stereocenters. The van der Waals surface area contributed by atoms with Gasteiger partial charge in [-0.15, -0.1) is 0 Å². The lowest BCUT2D eigenvalue weighted by molar-refractivity contribution is -0.385. The van der Waals surface area contributed by atoms with Crippen LogP contribution in [-0.2, 0) is 0 Å². The maximum atomic E-state index is 13.1. The van der Waals surface area contributed by atoms with Crippen molar-refractivity contribution in [2.45, 2.75) is 6.04 Å². The minimum absolute atomic E-state index is 0.0540. The Balaban J connectivity index is 3.14. The number of benzene rings is 1. The summed E-state index contributed by atoms with van der Waals surface area (Å²) in [5.41, 5.74) is 5.05. The van der Waals surface area contributed by atoms with Gasteiger partial charge in [-0.05, 0) is 6.07 Å². The molecule has 0 aliphatic rings. The lowest BCUT2D eigenvalue weighted by atomic mass is 10.1. The predicted molar refractivity (Wildman–Crippen MR) is 47.1 cm³/mol. The highest BCUT2D eigenvalue weighted by molar-refractivity contribution is 5.36. The zero-order valence-electron chi connectivity index (χ0n) is 7.18. The molecule has 1 aromatic carbocycles. The molecule has 0 spiro atoms. The molecule has 0 bridgehead atoms. The van der Waals surface area contributed by atoms with E-state index >= 15 is 0 Å². The van der Waals surface area contributed by atoms with Crippen molar-refractivity contribution in [1.82, 2.24) is 0 Å². The summed E-state index contributed by atoms with van der Waals surface area (Å²) in [4.78, 5) is 9.71. The molecule has 0 fully saturated rings. The number of nitro groups is 1. The average molecular weight is 200 g/mol. The maximum absolute atomic E-state index is 13.1. The second-order valence-corrected chi connectivity index (χ2v) is 2.75. The van der Waals surface area contributed by atoms with Gasteiger partial charge in [-0.2, -0.15) is 0 Å². The van der Waals surface area contributed by atoms with Crippen LogP contribution in [0.3, 0.4) is 0 Å². The fourth-order valence-corrected chi connectivity index (χ4v) is 1.03. The van der Waals surface area contributed by atoms with Crippen molar-refractivity contribution >= 4 is 5.69 Å². The molecule has 0 aromatic heterocycles. The van der Waals surface area contributed by atoms with Crippen LogP contribution in [0.4, 0.5) is 10.1 Å². The van der Waals surface area contributed by atoms with E-state index in [0.29, 0.717) is 0 Å². The van der Waals surface area contributed by atoms with Gasteiger partial charge in [0.1, 0.15) is 5.82 Å². The molecule has 6 heteroatoms. The molecule has 0 aliphatic heterocycles. The van der Waals surface area contributed by atoms with E-state index in [1.165, 1.54) is 0 Å². The van der Waals surface area contributed by atoms with Crippen molar-refractivity contribution in [2.24, 2.45) is 5.73 Å². The van der Waals surface area contributed by atoms with Gasteiger partial charge in [0, 0.05) is 17.7 Å². The van der Waals surface area contributed by atoms with Gasteiger partial charge in [0.15, 0.2) is 0 Å². The number of non-ortho nitro benzene ring substituents is 1. The van der Waals surface area contributed by atoms with Gasteiger partial charge in [-0.25, -0.2) is 4.39 Å². The zero-order chi connectivity index (χ0) is 10.7. The van der Waals surface area contributed by atoms with Crippen molar-refractivity contribution in [3.8, 4) is 0 Å². The van der Waals surface area contributed by atoms with E-state index < -0.39 is 23.4 Å². The molecule has 0 saturated carbocycles. The van der Waals surface area contributed by atoms with Gasteiger partial charge in [-0.3, -0.25) is 10.1 Å². The number of nitrogens with two attached hydrogens (primary N) is 1. The van der Waals surface area contributed by atoms with E-state index in [0.717, 1.165) is 18.2 Å². The lowest BCUT2D eigenvalue weighted by Crippen LogP contribution is -2.16. The Bertz CT molecular complexity index is 356. The second kappa shape index (κ2) is 4.12. The van der Waals surface area contributed by atoms with Crippen molar-refractivity contribution < 1.29 is 14.4 Å². The lowest BCUT2D eigenvalue weighted by Gasteiger charge is -2.08. The van der Waals surface area contributed by atoms with Gasteiger partial charge >= 0.3 is 0 Å². The van der Waals surface area contributed by atoms with Crippen molar-refractivity contribution in [3.05, 3.63) is 39.7 Å². The Kier molecular flexibility index (Phi) is 3.10. The molecular weight excluding hydrogens is 191 g/mol. The molecule has 3 N–H and O–H groups in total. The van der Waals surface area contributed by atoms with Gasteiger partial charge in [-0.1, -0.05) is 0 Å². The summed E-state index contributed by atoms with van der Waals surface area (Å²) in [5, 5.41) is 19.0. The van der Waals surface area contributed by atoms with Crippen LogP contribution in [0.5, 0.6) is 0 Å². The van der Waals surface area contributed by atoms with Crippen molar-refractivity contribution in [3.63, 3.8) is 0 Å². The van der Waals surface area contributed by atoms with E-state index in [1.54, 1.807) is 0 Å². The smallest absolute Gasteiger partial charge is 0.269 e. The Labute approximate surface area is 79.1 Å². The zero-order valence-corrected chi connectivity index (χ0v) is 7.18. The first-order valence-corrected chi connectivity index (χ1v) is 3.86. The van der Waals surface area contributed by atoms with Crippen LogP contribution in [0.2, 0.25) is 0 Å². The summed E-state index contributed by atoms with van der Waals surface area (Å²) in [6, 6.07) is 2.09. The standard InChI is InChI=1S/C8H9FN2O3/c9-7-2-1-5(11(13)14)3-6(7)8(10)4-12/h1-3,8,12H,4,10H2/t8-/m0/s1. The molecule has 0 heterocycles. The topological polar surface area (TPSA) is 89.4 Å². The molecule has 76 valence electrons. The Morgan fingerprint density at radius 2 is 2.29 bits per heavy atom. The molecule has 1 aromatic rings. The summed E-state index contributed by atoms with van der Waals surface area (Å²) in [7, 11) is 0. The first-order valence-electron chi connectivity index (χ1n) is 3.86. The minimum atomic E-state index is -0.935. The number of halogens is 1. The molecule has 0 radical (unpaired) electrons. The van der Waals surface area contributed by atoms with Crippen LogP contribution < -0.4 is 5.73 Å². The van der Waals surface area contributed by atoms with Crippen LogP contribution >= 0.6 is 0 Å². The normalized spacial score (nSPS) is 12.5. The summed E-state index contributed by atoms with van der Waals surface area (Å²) < 4.78 is 13.1. The van der Waals surface area contributed by atoms with Crippen molar-refractivity contribution in [1.29, 1.82) is 0 Å². The number of aliphatic hydroxyl groups is 1. The van der Waals surface area contributed by atoms with E-state index in [-0.39, 0.29) is 11.3 Å². The number of aliphatic hydroxyl groups excluding tert-OH is 1. The average Bonchev–Trinajstić information content (AvgIpc) is 2.17. The maximum Gasteiger partial charge on any atom is 0.269 e. The SMILES string of the molecule is N[C@@H](CO)c1cc([N+](=O)[O-])ccc1F. The van der Waals surface area contributed by atoms with Crippen LogP contribution in [-0.4, -0.2) is 16.6 Å². The number of nitrogens with zero attached hydrogens (tertiary/aromatic N) is 1. The molecule has 0 aliphatic carbocycles. The van der Waals surface area contributed by atoms with Crippen LogP contribution in [0.25, 0.3) is 0 Å².